The maximum Gasteiger partial charge on any atom is 0 e. The van der Waals surface area contributed by atoms with Crippen molar-refractivity contribution in [1.82, 2.24) is 0 Å². The van der Waals surface area contributed by atoms with Crippen LogP contribution >= 0.6 is 0 Å². The van der Waals surface area contributed by atoms with E-state index in [2.05, 4.69) is 0 Å². The van der Waals surface area contributed by atoms with Gasteiger partial charge in [-0.2, -0.15) is 0 Å². The Morgan fingerprint density at radius 3 is 1.29 bits per heavy atom. The third kappa shape index (κ3) is 49.3. The molecule has 34 valence electrons. The minimum atomic E-state index is -3.13. The third-order valence-corrected chi connectivity index (χ3v) is 0. The van der Waals surface area contributed by atoms with E-state index in [1.807, 2.05) is 0 Å². The second-order valence-electron chi connectivity index (χ2n) is 0.283. The molecule has 7 heavy (non-hydrogen) atoms. The summed E-state index contributed by atoms with van der Waals surface area (Å²) in [5.74, 6) is 0. The molecule has 0 unspecified atom stereocenters. The first-order valence-corrected chi connectivity index (χ1v) is 1.95. The monoisotopic (exact) mass is 274 g/mol. The van der Waals surface area contributed by atoms with Crippen molar-refractivity contribution in [3.63, 3.8) is 0 Å². The molecule has 7 heteroatoms. The zero-order valence-electron chi connectivity index (χ0n) is 2.51. The van der Waals surface area contributed by atoms with Crippen molar-refractivity contribution in [1.29, 1.82) is 0 Å². The molecule has 2 N–H and O–H groups in total. The molecule has 0 aromatic carbocycles. The van der Waals surface area contributed by atoms with E-state index in [1.54, 1.807) is 0 Å². The Kier molecular flexibility index (Phi) is 51.4. The van der Waals surface area contributed by atoms with Crippen molar-refractivity contribution >= 4 is 92.4 Å². The first kappa shape index (κ1) is 22.5. The fourth-order valence-corrected chi connectivity index (χ4v) is 0. The van der Waals surface area contributed by atoms with Crippen LogP contribution in [0.3, 0.4) is 0 Å². The van der Waals surface area contributed by atoms with Gasteiger partial charge in [0.25, 0.3) is 0 Å². The van der Waals surface area contributed by atoms with Crippen LogP contribution in [0, 0.1) is 0 Å². The van der Waals surface area contributed by atoms with E-state index in [9.17, 15) is 0 Å². The summed E-state index contributed by atoms with van der Waals surface area (Å²) in [5.41, 5.74) is 0. The normalized spacial score (nSPS) is 3.43. The van der Waals surface area contributed by atoms with Crippen LogP contribution in [0.2, 0.25) is 0 Å². The van der Waals surface area contributed by atoms with Crippen LogP contribution < -0.4 is 0 Å². The molecule has 0 aromatic rings. The van der Waals surface area contributed by atoms with Gasteiger partial charge in [0.2, 0.25) is 0 Å². The van der Waals surface area contributed by atoms with Crippen LogP contribution in [0.25, 0.3) is 0 Å². The van der Waals surface area contributed by atoms with Crippen LogP contribution in [0.5, 0.6) is 0 Å². The standard InChI is InChI=1S/Ca.H2O3Si.Sr.Zn.4H/c;1-4(2)3;;;;;;/h;1-2H;;;;;;. The molecule has 0 atom stereocenters. The van der Waals surface area contributed by atoms with Gasteiger partial charge in [-0.25, -0.2) is 0 Å². The summed E-state index contributed by atoms with van der Waals surface area (Å²) in [7, 11) is -3.13. The summed E-state index contributed by atoms with van der Waals surface area (Å²) in [6.07, 6.45) is 0. The molecule has 0 radical (unpaired) electrons. The van der Waals surface area contributed by atoms with Gasteiger partial charge in [0.15, 0.2) is 0 Å². The van der Waals surface area contributed by atoms with Crippen LogP contribution in [-0.2, 0) is 23.9 Å². The fraction of sp³-hybridized carbons (Fsp3) is 0. The molecule has 0 bridgehead atoms. The van der Waals surface area contributed by atoms with E-state index in [-0.39, 0.29) is 103 Å². The summed E-state index contributed by atoms with van der Waals surface area (Å²) in [4.78, 5) is 14.3. The SMILES string of the molecule is O=[Si](O)O.[CaH2].[SrH2].[Zn]. The Balaban J connectivity index is -0.0000000150. The summed E-state index contributed by atoms with van der Waals surface area (Å²) in [6, 6.07) is 0. The van der Waals surface area contributed by atoms with E-state index in [0.29, 0.717) is 0 Å². The van der Waals surface area contributed by atoms with E-state index in [4.69, 9.17) is 14.1 Å². The van der Waals surface area contributed by atoms with Crippen molar-refractivity contribution in [2.75, 3.05) is 0 Å². The van der Waals surface area contributed by atoms with E-state index >= 15 is 0 Å². The Bertz CT molecular complexity index is 37.9. The van der Waals surface area contributed by atoms with Gasteiger partial charge in [-0.05, 0) is 0 Å². The van der Waals surface area contributed by atoms with Crippen LogP contribution in [0.1, 0.15) is 0 Å². The predicted octanol–water partition coefficient (Wildman–Crippen LogP) is -3.45. The maximum absolute atomic E-state index is 8.74. The second kappa shape index (κ2) is 16.0. The molecule has 0 fully saturated rings. The molecule has 3 nitrogen and oxygen atoms in total. The molecule has 0 amide bonds. The third-order valence-electron chi connectivity index (χ3n) is 0. The quantitative estimate of drug-likeness (QED) is 0.452. The molecular formula is H6CaO3SiSrZn. The van der Waals surface area contributed by atoms with E-state index in [0.717, 1.165) is 0 Å². The van der Waals surface area contributed by atoms with Gasteiger partial charge >= 0.3 is 92.4 Å². The van der Waals surface area contributed by atoms with Crippen molar-refractivity contribution < 1.29 is 33.5 Å². The van der Waals surface area contributed by atoms with Crippen molar-refractivity contribution in [3.8, 4) is 0 Å². The zero-order chi connectivity index (χ0) is 3.58. The van der Waals surface area contributed by atoms with E-state index < -0.39 is 9.17 Å². The molecule has 0 aliphatic heterocycles. The average molecular weight is 275 g/mol. The molecule has 0 saturated heterocycles. The zero-order valence-corrected chi connectivity index (χ0v) is 6.48. The van der Waals surface area contributed by atoms with Gasteiger partial charge in [-0.3, -0.25) is 4.46 Å². The molecule has 0 heterocycles. The largest absolute Gasteiger partial charge is 0 e. The summed E-state index contributed by atoms with van der Waals surface area (Å²) < 4.78 is 8.74. The Hall–Kier alpha value is 2.98. The van der Waals surface area contributed by atoms with Gasteiger partial charge in [-0.15, -0.1) is 0 Å². The van der Waals surface area contributed by atoms with Crippen LogP contribution in [-0.4, -0.2) is 102 Å². The van der Waals surface area contributed by atoms with Gasteiger partial charge in [0.1, 0.15) is 0 Å². The molecule has 0 spiro atoms. The number of hydrogen-bond donors (Lipinski definition) is 2. The summed E-state index contributed by atoms with van der Waals surface area (Å²) in [6.45, 7) is 0. The molecule has 0 rings (SSSR count). The van der Waals surface area contributed by atoms with Crippen molar-refractivity contribution in [2.24, 2.45) is 0 Å². The minimum absolute atomic E-state index is 0. The summed E-state index contributed by atoms with van der Waals surface area (Å²) >= 11 is 0. The first-order chi connectivity index (χ1) is 1.73. The van der Waals surface area contributed by atoms with Gasteiger partial charge < -0.3 is 9.59 Å². The number of hydrogen-bond acceptors (Lipinski definition) is 1. The molecule has 0 aliphatic rings. The van der Waals surface area contributed by atoms with Crippen molar-refractivity contribution in [2.45, 2.75) is 0 Å². The van der Waals surface area contributed by atoms with E-state index in [1.165, 1.54) is 0 Å². The first-order valence-electron chi connectivity index (χ1n) is 0.651. The topological polar surface area (TPSA) is 57.5 Å². The van der Waals surface area contributed by atoms with Gasteiger partial charge in [0.05, 0.1) is 0 Å². The Morgan fingerprint density at radius 2 is 1.29 bits per heavy atom. The van der Waals surface area contributed by atoms with Crippen LogP contribution in [0.15, 0.2) is 0 Å². The molecule has 0 aromatic heterocycles. The van der Waals surface area contributed by atoms with Gasteiger partial charge in [0, 0.05) is 19.5 Å². The molecule has 0 saturated carbocycles. The fourth-order valence-electron chi connectivity index (χ4n) is 0. The average Bonchev–Trinajstić information content (AvgIpc) is 0.811. The second-order valence-corrected chi connectivity index (χ2v) is 0.848. The Labute approximate surface area is 123 Å². The smallest absolute Gasteiger partial charge is 0 e. The number of rotatable bonds is 0. The predicted molar refractivity (Wildman–Crippen MR) is 28.0 cm³/mol. The molecule has 0 aliphatic carbocycles. The Morgan fingerprint density at radius 1 is 1.29 bits per heavy atom. The van der Waals surface area contributed by atoms with Gasteiger partial charge in [-0.1, -0.05) is 0 Å². The minimum Gasteiger partial charge on any atom is 0 e. The van der Waals surface area contributed by atoms with Crippen molar-refractivity contribution in [3.05, 3.63) is 0 Å². The molecular weight excluding hydrogens is 269 g/mol. The maximum atomic E-state index is 8.74. The van der Waals surface area contributed by atoms with Crippen LogP contribution in [0.4, 0.5) is 0 Å². The summed E-state index contributed by atoms with van der Waals surface area (Å²) in [5, 5.41) is 0.